The van der Waals surface area contributed by atoms with Gasteiger partial charge in [-0.15, -0.1) is 11.3 Å². The number of hydrogen-bond donors (Lipinski definition) is 3. The molecule has 4 rings (SSSR count). The van der Waals surface area contributed by atoms with Crippen LogP contribution in [0.2, 0.25) is 0 Å². The van der Waals surface area contributed by atoms with Gasteiger partial charge in [0.1, 0.15) is 5.82 Å². The van der Waals surface area contributed by atoms with E-state index in [0.29, 0.717) is 26.6 Å². The first-order chi connectivity index (χ1) is 11.0. The highest BCUT2D eigenvalue weighted by Crippen LogP contribution is 2.41. The zero-order chi connectivity index (χ0) is 16.3. The number of rotatable bonds is 1. The van der Waals surface area contributed by atoms with Crippen LogP contribution in [0.15, 0.2) is 18.2 Å². The zero-order valence-corrected chi connectivity index (χ0v) is 12.6. The Balaban J connectivity index is 2.29. The van der Waals surface area contributed by atoms with Gasteiger partial charge in [-0.25, -0.2) is 13.8 Å². The predicted octanol–water partition coefficient (Wildman–Crippen LogP) is 3.71. The molecule has 0 atom stereocenters. The number of nitrogens with zero attached hydrogens (tertiary/aromatic N) is 2. The Bertz CT molecular complexity index is 1090. The highest BCUT2D eigenvalue weighted by atomic mass is 32.1. The standard InChI is InChI=1S/C15H10F2N4OS/c1-5-10-12-11(6(16)4-7(22)13(12)17)14(19-15(10)21-20-5)8-2-3-9(18)23-8/h2-4,22H,18H2,1H3,(H,19,20,21). The van der Waals surface area contributed by atoms with Gasteiger partial charge in [-0.05, 0) is 19.1 Å². The highest BCUT2D eigenvalue weighted by Gasteiger charge is 2.23. The number of pyridine rings is 1. The van der Waals surface area contributed by atoms with E-state index in [1.807, 2.05) is 0 Å². The van der Waals surface area contributed by atoms with E-state index in [9.17, 15) is 13.9 Å². The first kappa shape index (κ1) is 13.9. The number of anilines is 1. The summed E-state index contributed by atoms with van der Waals surface area (Å²) in [5.74, 6) is -2.40. The molecule has 0 radical (unpaired) electrons. The second kappa shape index (κ2) is 4.63. The highest BCUT2D eigenvalue weighted by molar-refractivity contribution is 7.19. The second-order valence-corrected chi connectivity index (χ2v) is 6.25. The van der Waals surface area contributed by atoms with E-state index in [1.54, 1.807) is 19.1 Å². The lowest BCUT2D eigenvalue weighted by atomic mass is 10.0. The van der Waals surface area contributed by atoms with Crippen LogP contribution in [0, 0.1) is 18.6 Å². The first-order valence-corrected chi connectivity index (χ1v) is 7.50. The summed E-state index contributed by atoms with van der Waals surface area (Å²) in [4.78, 5) is 4.99. The van der Waals surface area contributed by atoms with Crippen LogP contribution >= 0.6 is 11.3 Å². The maximum atomic E-state index is 14.6. The molecule has 23 heavy (non-hydrogen) atoms. The Labute approximate surface area is 132 Å². The third-order valence-electron chi connectivity index (χ3n) is 3.70. The van der Waals surface area contributed by atoms with Gasteiger partial charge in [-0.3, -0.25) is 5.10 Å². The van der Waals surface area contributed by atoms with Crippen molar-refractivity contribution in [2.24, 2.45) is 0 Å². The molecule has 4 aromatic rings. The lowest BCUT2D eigenvalue weighted by Gasteiger charge is -2.09. The van der Waals surface area contributed by atoms with Crippen molar-refractivity contribution in [2.75, 3.05) is 5.73 Å². The summed E-state index contributed by atoms with van der Waals surface area (Å²) >= 11 is 1.22. The van der Waals surface area contributed by atoms with Gasteiger partial charge in [0, 0.05) is 16.8 Å². The van der Waals surface area contributed by atoms with Crippen LogP contribution in [0.25, 0.3) is 32.4 Å². The number of aromatic amines is 1. The Morgan fingerprint density at radius 3 is 2.70 bits per heavy atom. The Kier molecular flexibility index (Phi) is 2.79. The minimum atomic E-state index is -0.899. The molecule has 0 saturated carbocycles. The van der Waals surface area contributed by atoms with E-state index in [2.05, 4.69) is 15.2 Å². The molecule has 5 nitrogen and oxygen atoms in total. The molecule has 0 saturated heterocycles. The Hall–Kier alpha value is -2.74. The van der Waals surface area contributed by atoms with Crippen LogP contribution in [0.1, 0.15) is 5.69 Å². The molecule has 3 aromatic heterocycles. The third kappa shape index (κ3) is 1.88. The van der Waals surface area contributed by atoms with Crippen molar-refractivity contribution in [2.45, 2.75) is 6.92 Å². The summed E-state index contributed by atoms with van der Waals surface area (Å²) in [6, 6.07) is 4.12. The summed E-state index contributed by atoms with van der Waals surface area (Å²) in [6.45, 7) is 1.66. The number of fused-ring (bicyclic) bond motifs is 3. The van der Waals surface area contributed by atoms with E-state index in [0.717, 1.165) is 6.07 Å². The van der Waals surface area contributed by atoms with E-state index in [4.69, 9.17) is 5.73 Å². The van der Waals surface area contributed by atoms with Crippen LogP contribution in [-0.2, 0) is 0 Å². The smallest absolute Gasteiger partial charge is 0.173 e. The maximum Gasteiger partial charge on any atom is 0.173 e. The average molecular weight is 332 g/mol. The number of nitrogens with two attached hydrogens (primary N) is 1. The molecule has 116 valence electrons. The maximum absolute atomic E-state index is 14.6. The Morgan fingerprint density at radius 1 is 1.22 bits per heavy atom. The fourth-order valence-electron chi connectivity index (χ4n) is 2.71. The number of H-pyrrole nitrogens is 1. The number of thiophene rings is 1. The quantitative estimate of drug-likeness (QED) is 0.496. The molecule has 0 amide bonds. The van der Waals surface area contributed by atoms with Crippen LogP contribution in [0.3, 0.4) is 0 Å². The number of halogens is 2. The molecule has 0 aliphatic carbocycles. The number of benzene rings is 1. The number of phenolic OH excluding ortho intramolecular Hbond substituents is 1. The van der Waals surface area contributed by atoms with Crippen molar-refractivity contribution in [1.29, 1.82) is 0 Å². The zero-order valence-electron chi connectivity index (χ0n) is 11.8. The molecular weight excluding hydrogens is 322 g/mol. The summed E-state index contributed by atoms with van der Waals surface area (Å²) in [6.07, 6.45) is 0. The van der Waals surface area contributed by atoms with Crippen molar-refractivity contribution < 1.29 is 13.9 Å². The third-order valence-corrected chi connectivity index (χ3v) is 4.62. The molecular formula is C15H10F2N4OS. The first-order valence-electron chi connectivity index (χ1n) is 6.68. The SMILES string of the molecule is Cc1n[nH]c2nc(-c3ccc(N)s3)c3c(F)cc(O)c(F)c3c12. The van der Waals surface area contributed by atoms with Crippen molar-refractivity contribution in [3.8, 4) is 16.3 Å². The molecule has 4 N–H and O–H groups in total. The van der Waals surface area contributed by atoms with Crippen LogP contribution in [0.5, 0.6) is 5.75 Å². The van der Waals surface area contributed by atoms with E-state index >= 15 is 0 Å². The fourth-order valence-corrected chi connectivity index (χ4v) is 3.48. The van der Waals surface area contributed by atoms with Gasteiger partial charge < -0.3 is 10.8 Å². The van der Waals surface area contributed by atoms with Crippen molar-refractivity contribution in [3.05, 3.63) is 35.5 Å². The summed E-state index contributed by atoms with van der Waals surface area (Å²) in [7, 11) is 0. The monoisotopic (exact) mass is 332 g/mol. The molecule has 0 bridgehead atoms. The summed E-state index contributed by atoms with van der Waals surface area (Å²) in [5.41, 5.74) is 6.78. The second-order valence-electron chi connectivity index (χ2n) is 5.14. The lowest BCUT2D eigenvalue weighted by molar-refractivity contribution is 0.431. The molecule has 8 heteroatoms. The minimum absolute atomic E-state index is 0.000787. The van der Waals surface area contributed by atoms with Crippen LogP contribution in [0.4, 0.5) is 13.8 Å². The van der Waals surface area contributed by atoms with E-state index in [1.165, 1.54) is 11.3 Å². The lowest BCUT2D eigenvalue weighted by Crippen LogP contribution is -1.94. The molecule has 0 aliphatic rings. The summed E-state index contributed by atoms with van der Waals surface area (Å²) in [5, 5.41) is 17.2. The fraction of sp³-hybridized carbons (Fsp3) is 0.0667. The number of nitrogens with one attached hydrogen (secondary N) is 1. The molecule has 1 aromatic carbocycles. The van der Waals surface area contributed by atoms with Gasteiger partial charge in [0.2, 0.25) is 0 Å². The van der Waals surface area contributed by atoms with Gasteiger partial charge in [0.05, 0.1) is 26.7 Å². The van der Waals surface area contributed by atoms with Crippen LogP contribution in [-0.4, -0.2) is 20.3 Å². The van der Waals surface area contributed by atoms with Crippen molar-refractivity contribution >= 4 is 38.1 Å². The van der Waals surface area contributed by atoms with Crippen LogP contribution < -0.4 is 5.73 Å². The number of nitrogen functional groups attached to an aromatic ring is 1. The molecule has 0 aliphatic heterocycles. The summed E-state index contributed by atoms with van der Waals surface area (Å²) < 4.78 is 29.1. The number of aromatic nitrogens is 3. The number of phenols is 1. The minimum Gasteiger partial charge on any atom is -0.505 e. The number of aryl methyl sites for hydroxylation is 1. The molecule has 0 fully saturated rings. The number of hydrogen-bond acceptors (Lipinski definition) is 5. The van der Waals surface area contributed by atoms with Gasteiger partial charge in [-0.1, -0.05) is 0 Å². The van der Waals surface area contributed by atoms with E-state index < -0.39 is 17.4 Å². The van der Waals surface area contributed by atoms with Gasteiger partial charge in [0.15, 0.2) is 17.2 Å². The largest absolute Gasteiger partial charge is 0.505 e. The molecule has 3 heterocycles. The molecule has 0 unspecified atom stereocenters. The normalized spacial score (nSPS) is 11.6. The van der Waals surface area contributed by atoms with E-state index in [-0.39, 0.29) is 16.5 Å². The van der Waals surface area contributed by atoms with Crippen molar-refractivity contribution in [1.82, 2.24) is 15.2 Å². The predicted molar refractivity (Wildman–Crippen MR) is 85.4 cm³/mol. The topological polar surface area (TPSA) is 87.8 Å². The average Bonchev–Trinajstić information content (AvgIpc) is 3.10. The van der Waals surface area contributed by atoms with Crippen molar-refractivity contribution in [3.63, 3.8) is 0 Å². The molecule has 0 spiro atoms. The number of aromatic hydroxyl groups is 1. The Morgan fingerprint density at radius 2 is 2.00 bits per heavy atom. The van der Waals surface area contributed by atoms with Gasteiger partial charge >= 0.3 is 0 Å². The van der Waals surface area contributed by atoms with Gasteiger partial charge in [0.25, 0.3) is 0 Å². The van der Waals surface area contributed by atoms with Gasteiger partial charge in [-0.2, -0.15) is 5.10 Å².